The second-order valence-corrected chi connectivity index (χ2v) is 7.89. The van der Waals surface area contributed by atoms with Crippen LogP contribution in [0.15, 0.2) is 83.9 Å². The normalized spacial score (nSPS) is 24.2. The number of carbonyl (C=O) groups is 1. The van der Waals surface area contributed by atoms with Crippen molar-refractivity contribution in [2.45, 2.75) is 37.3 Å². The van der Waals surface area contributed by atoms with Crippen LogP contribution in [0.25, 0.3) is 0 Å². The van der Waals surface area contributed by atoms with Crippen molar-refractivity contribution >= 4 is 12.2 Å². The molecule has 0 radical (unpaired) electrons. The zero-order valence-electron chi connectivity index (χ0n) is 16.4. The predicted octanol–water partition coefficient (Wildman–Crippen LogP) is 5.02. The highest BCUT2D eigenvalue weighted by molar-refractivity contribution is 5.86. The van der Waals surface area contributed by atoms with Gasteiger partial charge in [0.2, 0.25) is 0 Å². The lowest BCUT2D eigenvalue weighted by Gasteiger charge is -2.51. The first-order valence-corrected chi connectivity index (χ1v) is 10.1. The molecule has 0 saturated heterocycles. The fourth-order valence-electron chi connectivity index (χ4n) is 5.11. The van der Waals surface area contributed by atoms with E-state index in [1.165, 1.54) is 29.2 Å². The number of fused-ring (bicyclic) bond motifs is 1. The molecule has 3 aliphatic carbocycles. The topological polar surface area (TPSA) is 38.7 Å². The number of nitrogens with zero attached hydrogens (tertiary/aromatic N) is 1. The van der Waals surface area contributed by atoms with Crippen molar-refractivity contribution in [3.05, 3.63) is 107 Å². The molecule has 29 heavy (non-hydrogen) atoms. The summed E-state index contributed by atoms with van der Waals surface area (Å²) in [5.41, 5.74) is 5.66. The average molecular weight is 381 g/mol. The highest BCUT2D eigenvalue weighted by Crippen LogP contribution is 2.56. The molecule has 0 N–H and O–H groups in total. The van der Waals surface area contributed by atoms with E-state index in [2.05, 4.69) is 60.7 Å². The predicted molar refractivity (Wildman–Crippen MR) is 114 cm³/mol. The van der Waals surface area contributed by atoms with Crippen LogP contribution in [0.2, 0.25) is 0 Å². The molecule has 0 aliphatic heterocycles. The number of esters is 1. The molecule has 3 nitrogen and oxygen atoms in total. The maximum atomic E-state index is 12.0. The Morgan fingerprint density at radius 1 is 0.966 bits per heavy atom. The zero-order valence-corrected chi connectivity index (χ0v) is 16.4. The first kappa shape index (κ1) is 17.9. The van der Waals surface area contributed by atoms with E-state index in [9.17, 15) is 4.79 Å². The molecule has 3 aromatic carbocycles. The molecular formula is C26H23NO2. The van der Waals surface area contributed by atoms with Crippen LogP contribution in [0.1, 0.15) is 47.1 Å². The first-order valence-electron chi connectivity index (χ1n) is 10.1. The third kappa shape index (κ3) is 2.80. The molecule has 0 fully saturated rings. The van der Waals surface area contributed by atoms with E-state index in [1.807, 2.05) is 24.4 Å². The molecule has 2 bridgehead atoms. The van der Waals surface area contributed by atoms with Gasteiger partial charge in [0.1, 0.15) is 6.10 Å². The number of benzene rings is 3. The van der Waals surface area contributed by atoms with Gasteiger partial charge in [0.25, 0.3) is 0 Å². The summed E-state index contributed by atoms with van der Waals surface area (Å²) < 4.78 is 5.91. The quantitative estimate of drug-likeness (QED) is 0.470. The first-order chi connectivity index (χ1) is 14.2. The number of hydrogen-bond donors (Lipinski definition) is 0. The Morgan fingerprint density at radius 2 is 1.55 bits per heavy atom. The van der Waals surface area contributed by atoms with Crippen molar-refractivity contribution in [2.24, 2.45) is 4.99 Å². The molecule has 1 atom stereocenters. The second kappa shape index (κ2) is 7.00. The van der Waals surface area contributed by atoms with E-state index in [0.717, 1.165) is 12.0 Å². The van der Waals surface area contributed by atoms with Gasteiger partial charge in [-0.05, 0) is 34.2 Å². The van der Waals surface area contributed by atoms with Gasteiger partial charge in [-0.25, -0.2) is 0 Å². The summed E-state index contributed by atoms with van der Waals surface area (Å²) in [5, 5.41) is 0. The number of ether oxygens (including phenoxy) is 1. The lowest BCUT2D eigenvalue weighted by molar-refractivity contribution is -0.149. The van der Waals surface area contributed by atoms with Crippen molar-refractivity contribution in [2.75, 3.05) is 0 Å². The van der Waals surface area contributed by atoms with Crippen molar-refractivity contribution in [1.29, 1.82) is 0 Å². The average Bonchev–Trinajstić information content (AvgIpc) is 2.75. The summed E-state index contributed by atoms with van der Waals surface area (Å²) in [6.45, 7) is 2.10. The Labute approximate surface area is 171 Å². The number of hydrogen-bond acceptors (Lipinski definition) is 3. The molecule has 3 aromatic rings. The Balaban J connectivity index is 1.68. The molecule has 0 amide bonds. The molecule has 0 saturated carbocycles. The standard InChI is InChI=1S/C26H23NO2/c1-18(28)29-25-15-22-20-11-5-7-13-23(20)26(25,24-14-8-6-12-21(22)24)17-27-16-19-9-3-2-4-10-19/h2-14,17,22,25H,15-16H2,1H3. The lowest BCUT2D eigenvalue weighted by atomic mass is 9.54. The SMILES string of the molecule is CC(=O)OC1CC2c3ccccc3C1(C=NCc1ccccc1)c1ccccc12. The largest absolute Gasteiger partial charge is 0.461 e. The second-order valence-electron chi connectivity index (χ2n) is 7.89. The summed E-state index contributed by atoms with van der Waals surface area (Å²) in [5.74, 6) is 0.00416. The molecule has 0 heterocycles. The van der Waals surface area contributed by atoms with Gasteiger partial charge in [0, 0.05) is 19.1 Å². The minimum atomic E-state index is -0.553. The van der Waals surface area contributed by atoms with Crippen molar-refractivity contribution in [3.8, 4) is 0 Å². The van der Waals surface area contributed by atoms with Crippen LogP contribution in [0.4, 0.5) is 0 Å². The van der Waals surface area contributed by atoms with E-state index < -0.39 is 5.41 Å². The molecule has 0 aromatic heterocycles. The molecular weight excluding hydrogens is 358 g/mol. The van der Waals surface area contributed by atoms with Gasteiger partial charge in [-0.3, -0.25) is 9.79 Å². The maximum absolute atomic E-state index is 12.0. The Kier molecular flexibility index (Phi) is 4.31. The van der Waals surface area contributed by atoms with E-state index in [0.29, 0.717) is 6.54 Å². The molecule has 6 rings (SSSR count). The fraction of sp³-hybridized carbons (Fsp3) is 0.231. The third-order valence-electron chi connectivity index (χ3n) is 6.24. The molecule has 1 unspecified atom stereocenters. The molecule has 3 heteroatoms. The van der Waals surface area contributed by atoms with E-state index >= 15 is 0 Å². The van der Waals surface area contributed by atoms with Crippen molar-refractivity contribution in [3.63, 3.8) is 0 Å². The summed E-state index contributed by atoms with van der Waals surface area (Å²) >= 11 is 0. The van der Waals surface area contributed by atoms with Crippen LogP contribution < -0.4 is 0 Å². The van der Waals surface area contributed by atoms with Gasteiger partial charge in [0.05, 0.1) is 12.0 Å². The molecule has 0 spiro atoms. The lowest BCUT2D eigenvalue weighted by Crippen LogP contribution is -2.53. The van der Waals surface area contributed by atoms with Gasteiger partial charge in [-0.1, -0.05) is 78.9 Å². The van der Waals surface area contributed by atoms with Crippen LogP contribution >= 0.6 is 0 Å². The molecule has 3 aliphatic rings. The fourth-order valence-corrected chi connectivity index (χ4v) is 5.11. The van der Waals surface area contributed by atoms with Crippen LogP contribution in [0, 0.1) is 0 Å². The van der Waals surface area contributed by atoms with Crippen molar-refractivity contribution < 1.29 is 9.53 Å². The van der Waals surface area contributed by atoms with E-state index in [-0.39, 0.29) is 18.0 Å². The molecule has 144 valence electrons. The van der Waals surface area contributed by atoms with E-state index in [1.54, 1.807) is 0 Å². The van der Waals surface area contributed by atoms with Crippen LogP contribution in [0.5, 0.6) is 0 Å². The maximum Gasteiger partial charge on any atom is 0.302 e. The highest BCUT2D eigenvalue weighted by atomic mass is 16.5. The van der Waals surface area contributed by atoms with Crippen molar-refractivity contribution in [1.82, 2.24) is 0 Å². The smallest absolute Gasteiger partial charge is 0.302 e. The van der Waals surface area contributed by atoms with Crippen LogP contribution in [-0.2, 0) is 21.5 Å². The summed E-state index contributed by atoms with van der Waals surface area (Å²) in [6, 6.07) is 27.3. The summed E-state index contributed by atoms with van der Waals surface area (Å²) in [6.07, 6.45) is 2.57. The van der Waals surface area contributed by atoms with Gasteiger partial charge >= 0.3 is 5.97 Å². The minimum absolute atomic E-state index is 0.242. The van der Waals surface area contributed by atoms with E-state index in [4.69, 9.17) is 9.73 Å². The van der Waals surface area contributed by atoms with Gasteiger partial charge in [-0.15, -0.1) is 0 Å². The number of carbonyl (C=O) groups excluding carboxylic acids is 1. The van der Waals surface area contributed by atoms with Crippen LogP contribution in [-0.4, -0.2) is 18.3 Å². The Morgan fingerprint density at radius 3 is 2.17 bits per heavy atom. The van der Waals surface area contributed by atoms with Gasteiger partial charge in [0.15, 0.2) is 0 Å². The number of rotatable bonds is 4. The Bertz CT molecular complexity index is 1040. The Hall–Kier alpha value is -3.20. The van der Waals surface area contributed by atoms with Gasteiger partial charge in [-0.2, -0.15) is 0 Å². The zero-order chi connectivity index (χ0) is 19.8. The summed E-state index contributed by atoms with van der Waals surface area (Å²) in [4.78, 5) is 16.9. The highest BCUT2D eigenvalue weighted by Gasteiger charge is 2.55. The minimum Gasteiger partial charge on any atom is -0.461 e. The monoisotopic (exact) mass is 381 g/mol. The third-order valence-corrected chi connectivity index (χ3v) is 6.24. The summed E-state index contributed by atoms with van der Waals surface area (Å²) in [7, 11) is 0. The van der Waals surface area contributed by atoms with Gasteiger partial charge < -0.3 is 4.74 Å². The number of aliphatic imine (C=N–C) groups is 1. The van der Waals surface area contributed by atoms with Crippen LogP contribution in [0.3, 0.4) is 0 Å².